The number of likely N-dealkylation sites (N-methyl/N-ethyl adjacent to an activating group) is 1. The number of hydrogen-bond donors (Lipinski definition) is 1. The zero-order valence-electron chi connectivity index (χ0n) is 8.66. The van der Waals surface area contributed by atoms with Crippen LogP contribution in [0.3, 0.4) is 0 Å². The van der Waals surface area contributed by atoms with Crippen molar-refractivity contribution in [3.63, 3.8) is 0 Å². The number of nitrogens with zero attached hydrogens (tertiary/aromatic N) is 1. The zero-order chi connectivity index (χ0) is 10.0. The fraction of sp³-hybridized carbons (Fsp3) is 0.900. The molecule has 0 bridgehead atoms. The Bertz CT molecular complexity index is 185. The Morgan fingerprint density at radius 3 is 2.46 bits per heavy atom. The third kappa shape index (κ3) is 2.69. The number of rotatable bonds is 4. The van der Waals surface area contributed by atoms with Crippen LogP contribution in [-0.2, 0) is 4.79 Å². The molecule has 1 rings (SSSR count). The molecule has 0 spiro atoms. The van der Waals surface area contributed by atoms with Crippen LogP contribution in [0, 0.1) is 11.8 Å². The molecular weight excluding hydrogens is 166 g/mol. The highest BCUT2D eigenvalue weighted by molar-refractivity contribution is 5.69. The molecule has 0 aromatic carbocycles. The van der Waals surface area contributed by atoms with Crippen LogP contribution in [0.15, 0.2) is 0 Å². The molecule has 76 valence electrons. The predicted molar refractivity (Wildman–Crippen MR) is 51.6 cm³/mol. The molecule has 3 heteroatoms. The second-order valence-corrected chi connectivity index (χ2v) is 4.44. The summed E-state index contributed by atoms with van der Waals surface area (Å²) in [5.74, 6) is 0.825. The van der Waals surface area contributed by atoms with Crippen molar-refractivity contribution < 1.29 is 9.90 Å². The van der Waals surface area contributed by atoms with E-state index in [0.29, 0.717) is 6.04 Å². The van der Waals surface area contributed by atoms with Gasteiger partial charge in [-0.3, -0.25) is 9.69 Å². The van der Waals surface area contributed by atoms with Gasteiger partial charge in [-0.25, -0.2) is 0 Å². The summed E-state index contributed by atoms with van der Waals surface area (Å²) in [5, 5.41) is 8.59. The Morgan fingerprint density at radius 2 is 2.08 bits per heavy atom. The molecule has 1 aliphatic carbocycles. The molecule has 0 heterocycles. The number of carboxylic acids is 1. The fourth-order valence-corrected chi connectivity index (χ4v) is 1.88. The van der Waals surface area contributed by atoms with Gasteiger partial charge in [0.25, 0.3) is 0 Å². The first kappa shape index (κ1) is 10.5. The minimum Gasteiger partial charge on any atom is -0.480 e. The van der Waals surface area contributed by atoms with Gasteiger partial charge in [-0.05, 0) is 31.7 Å². The van der Waals surface area contributed by atoms with Crippen molar-refractivity contribution in [2.24, 2.45) is 11.8 Å². The molecule has 3 nitrogen and oxygen atoms in total. The van der Waals surface area contributed by atoms with Crippen molar-refractivity contribution in [3.05, 3.63) is 0 Å². The van der Waals surface area contributed by atoms with Crippen molar-refractivity contribution in [1.29, 1.82) is 0 Å². The molecule has 1 N–H and O–H groups in total. The topological polar surface area (TPSA) is 40.5 Å². The Labute approximate surface area is 79.7 Å². The van der Waals surface area contributed by atoms with Gasteiger partial charge in [0.1, 0.15) is 0 Å². The van der Waals surface area contributed by atoms with E-state index in [2.05, 4.69) is 13.8 Å². The van der Waals surface area contributed by atoms with E-state index < -0.39 is 5.97 Å². The predicted octanol–water partition coefficient (Wildman–Crippen LogP) is 1.44. The van der Waals surface area contributed by atoms with Gasteiger partial charge in [-0.15, -0.1) is 0 Å². The molecule has 0 aromatic heterocycles. The van der Waals surface area contributed by atoms with Crippen LogP contribution in [0.2, 0.25) is 0 Å². The SMILES string of the molecule is CC(C)C1CC(N(C)CC(=O)O)C1. The molecule has 0 aromatic rings. The molecule has 0 amide bonds. The quantitative estimate of drug-likeness (QED) is 0.720. The normalized spacial score (nSPS) is 27.8. The lowest BCUT2D eigenvalue weighted by Crippen LogP contribution is -2.45. The van der Waals surface area contributed by atoms with Crippen molar-refractivity contribution in [3.8, 4) is 0 Å². The van der Waals surface area contributed by atoms with Crippen LogP contribution in [0.4, 0.5) is 0 Å². The lowest BCUT2D eigenvalue weighted by molar-refractivity contribution is -0.139. The van der Waals surface area contributed by atoms with Gasteiger partial charge in [0.2, 0.25) is 0 Å². The smallest absolute Gasteiger partial charge is 0.317 e. The number of carboxylic acid groups (broad SMARTS) is 1. The average Bonchev–Trinajstić information content (AvgIpc) is 1.79. The van der Waals surface area contributed by atoms with Gasteiger partial charge in [0.05, 0.1) is 6.54 Å². The summed E-state index contributed by atoms with van der Waals surface area (Å²) in [6.07, 6.45) is 2.34. The highest BCUT2D eigenvalue weighted by Crippen LogP contribution is 2.36. The minimum atomic E-state index is -0.726. The van der Waals surface area contributed by atoms with Gasteiger partial charge < -0.3 is 5.11 Å². The second-order valence-electron chi connectivity index (χ2n) is 4.44. The third-order valence-electron chi connectivity index (χ3n) is 3.10. The van der Waals surface area contributed by atoms with Gasteiger partial charge in [0, 0.05) is 6.04 Å². The molecule has 0 unspecified atom stereocenters. The maximum Gasteiger partial charge on any atom is 0.317 e. The monoisotopic (exact) mass is 185 g/mol. The van der Waals surface area contributed by atoms with Gasteiger partial charge in [-0.1, -0.05) is 13.8 Å². The van der Waals surface area contributed by atoms with E-state index in [4.69, 9.17) is 5.11 Å². The van der Waals surface area contributed by atoms with E-state index in [1.54, 1.807) is 0 Å². The van der Waals surface area contributed by atoms with Gasteiger partial charge in [0.15, 0.2) is 0 Å². The van der Waals surface area contributed by atoms with Crippen molar-refractivity contribution >= 4 is 5.97 Å². The van der Waals surface area contributed by atoms with Crippen LogP contribution < -0.4 is 0 Å². The summed E-state index contributed by atoms with van der Waals surface area (Å²) in [4.78, 5) is 12.4. The maximum absolute atomic E-state index is 10.4. The average molecular weight is 185 g/mol. The Kier molecular flexibility index (Phi) is 3.31. The molecule has 0 atom stereocenters. The third-order valence-corrected chi connectivity index (χ3v) is 3.10. The maximum atomic E-state index is 10.4. The Hall–Kier alpha value is -0.570. The summed E-state index contributed by atoms with van der Waals surface area (Å²) in [5.41, 5.74) is 0. The molecule has 0 radical (unpaired) electrons. The van der Waals surface area contributed by atoms with Gasteiger partial charge >= 0.3 is 5.97 Å². The highest BCUT2D eigenvalue weighted by atomic mass is 16.4. The van der Waals surface area contributed by atoms with E-state index in [0.717, 1.165) is 11.8 Å². The van der Waals surface area contributed by atoms with E-state index in [1.807, 2.05) is 11.9 Å². The highest BCUT2D eigenvalue weighted by Gasteiger charge is 2.33. The summed E-state index contributed by atoms with van der Waals surface area (Å²) in [6, 6.07) is 0.503. The lowest BCUT2D eigenvalue weighted by atomic mass is 9.73. The Balaban J connectivity index is 2.23. The minimum absolute atomic E-state index is 0.176. The molecule has 0 aliphatic heterocycles. The second kappa shape index (κ2) is 4.09. The van der Waals surface area contributed by atoms with Crippen LogP contribution in [0.25, 0.3) is 0 Å². The van der Waals surface area contributed by atoms with Gasteiger partial charge in [-0.2, -0.15) is 0 Å². The molecule has 1 aliphatic rings. The van der Waals surface area contributed by atoms with Crippen LogP contribution in [-0.4, -0.2) is 35.6 Å². The number of aliphatic carboxylic acids is 1. The van der Waals surface area contributed by atoms with Crippen LogP contribution in [0.5, 0.6) is 0 Å². The fourth-order valence-electron chi connectivity index (χ4n) is 1.88. The van der Waals surface area contributed by atoms with Crippen LogP contribution in [0.1, 0.15) is 26.7 Å². The first-order chi connectivity index (χ1) is 6.00. The van der Waals surface area contributed by atoms with E-state index in [-0.39, 0.29) is 6.54 Å². The summed E-state index contributed by atoms with van der Waals surface area (Å²) >= 11 is 0. The largest absolute Gasteiger partial charge is 0.480 e. The molecule has 0 saturated heterocycles. The molecule has 13 heavy (non-hydrogen) atoms. The summed E-state index contributed by atoms with van der Waals surface area (Å²) in [6.45, 7) is 4.64. The van der Waals surface area contributed by atoms with Crippen molar-refractivity contribution in [2.45, 2.75) is 32.7 Å². The van der Waals surface area contributed by atoms with E-state index in [1.165, 1.54) is 12.8 Å². The first-order valence-electron chi connectivity index (χ1n) is 4.92. The van der Waals surface area contributed by atoms with Crippen molar-refractivity contribution in [1.82, 2.24) is 4.90 Å². The zero-order valence-corrected chi connectivity index (χ0v) is 8.66. The summed E-state index contributed by atoms with van der Waals surface area (Å²) < 4.78 is 0. The van der Waals surface area contributed by atoms with E-state index in [9.17, 15) is 4.79 Å². The summed E-state index contributed by atoms with van der Waals surface area (Å²) in [7, 11) is 1.90. The molecular formula is C10H19NO2. The number of hydrogen-bond acceptors (Lipinski definition) is 2. The standard InChI is InChI=1S/C10H19NO2/c1-7(2)8-4-9(5-8)11(3)6-10(12)13/h7-9H,4-6H2,1-3H3,(H,12,13). The first-order valence-corrected chi connectivity index (χ1v) is 4.92. The Morgan fingerprint density at radius 1 is 1.54 bits per heavy atom. The van der Waals surface area contributed by atoms with E-state index >= 15 is 0 Å². The lowest BCUT2D eigenvalue weighted by Gasteiger charge is -2.42. The number of carbonyl (C=O) groups is 1. The molecule has 1 saturated carbocycles. The van der Waals surface area contributed by atoms with Crippen molar-refractivity contribution in [2.75, 3.05) is 13.6 Å². The van der Waals surface area contributed by atoms with Crippen LogP contribution >= 0.6 is 0 Å². The molecule has 1 fully saturated rings.